The van der Waals surface area contributed by atoms with Crippen LogP contribution in [-0.2, 0) is 11.3 Å². The Morgan fingerprint density at radius 2 is 1.96 bits per heavy atom. The lowest BCUT2D eigenvalue weighted by Gasteiger charge is -2.15. The Kier molecular flexibility index (Phi) is 6.24. The first-order chi connectivity index (χ1) is 13.1. The summed E-state index contributed by atoms with van der Waals surface area (Å²) in [6.45, 7) is 2.30. The lowest BCUT2D eigenvalue weighted by atomic mass is 10.2. The van der Waals surface area contributed by atoms with Crippen LogP contribution in [0.2, 0.25) is 0 Å². The molecule has 0 N–H and O–H groups in total. The summed E-state index contributed by atoms with van der Waals surface area (Å²) in [5.41, 5.74) is 1.64. The van der Waals surface area contributed by atoms with Gasteiger partial charge in [0.25, 0.3) is 0 Å². The van der Waals surface area contributed by atoms with Crippen LogP contribution in [-0.4, -0.2) is 34.5 Å². The number of rotatable bonds is 6. The quantitative estimate of drug-likeness (QED) is 0.556. The summed E-state index contributed by atoms with van der Waals surface area (Å²) in [5, 5.41) is 8.78. The lowest BCUT2D eigenvalue weighted by molar-refractivity contribution is -0.126. The van der Waals surface area contributed by atoms with Gasteiger partial charge in [-0.25, -0.2) is 4.39 Å². The predicted octanol–water partition coefficient (Wildman–Crippen LogP) is 4.08. The fourth-order valence-corrected chi connectivity index (χ4v) is 3.70. The third-order valence-corrected chi connectivity index (χ3v) is 5.46. The number of methoxy groups -OCH3 is 1. The number of benzene rings is 2. The van der Waals surface area contributed by atoms with Gasteiger partial charge in [-0.1, -0.05) is 43.0 Å². The molecule has 140 valence electrons. The molecule has 1 heterocycles. The molecule has 1 aliphatic rings. The van der Waals surface area contributed by atoms with E-state index in [0.717, 1.165) is 11.1 Å². The van der Waals surface area contributed by atoms with E-state index in [0.29, 0.717) is 23.9 Å². The predicted molar refractivity (Wildman–Crippen MR) is 107 cm³/mol. The normalized spacial score (nSPS) is 18.6. The van der Waals surface area contributed by atoms with Crippen molar-refractivity contribution in [2.24, 2.45) is 10.2 Å². The first-order valence-corrected chi connectivity index (χ1v) is 9.47. The molecule has 2 aromatic carbocycles. The van der Waals surface area contributed by atoms with Gasteiger partial charge in [0, 0.05) is 5.56 Å². The highest BCUT2D eigenvalue weighted by atomic mass is 32.2. The highest BCUT2D eigenvalue weighted by Gasteiger charge is 2.36. The standard InChI is InChI=1S/C20H20FN3O2S/c1-3-18-19(25)24(13-14-8-10-16(21)11-9-14)20(27-18)23-22-12-15-6-4-5-7-17(15)26-2/h4-12,18H,3,13H2,1-2H3/b22-12+,23-20-. The van der Waals surface area contributed by atoms with Gasteiger partial charge in [0.05, 0.1) is 25.1 Å². The van der Waals surface area contributed by atoms with Crippen molar-refractivity contribution in [2.45, 2.75) is 25.1 Å². The Morgan fingerprint density at radius 3 is 2.67 bits per heavy atom. The summed E-state index contributed by atoms with van der Waals surface area (Å²) in [4.78, 5) is 14.2. The molecule has 0 aliphatic carbocycles. The van der Waals surface area contributed by atoms with Crippen molar-refractivity contribution < 1.29 is 13.9 Å². The van der Waals surface area contributed by atoms with Crippen molar-refractivity contribution in [1.29, 1.82) is 0 Å². The highest BCUT2D eigenvalue weighted by Crippen LogP contribution is 2.30. The number of carbonyl (C=O) groups is 1. The van der Waals surface area contributed by atoms with Crippen molar-refractivity contribution in [1.82, 2.24) is 4.90 Å². The first kappa shape index (κ1) is 19.1. The molecule has 0 aromatic heterocycles. The largest absolute Gasteiger partial charge is 0.496 e. The first-order valence-electron chi connectivity index (χ1n) is 8.59. The summed E-state index contributed by atoms with van der Waals surface area (Å²) in [7, 11) is 1.60. The molecule has 0 bridgehead atoms. The SMILES string of the molecule is CCC1S/C(=N\N=C\c2ccccc2OC)N(Cc2ccc(F)cc2)C1=O. The van der Waals surface area contributed by atoms with E-state index in [1.165, 1.54) is 23.9 Å². The summed E-state index contributed by atoms with van der Waals surface area (Å²) in [6.07, 6.45) is 2.31. The molecule has 1 amide bonds. The highest BCUT2D eigenvalue weighted by molar-refractivity contribution is 8.15. The molecule has 3 rings (SSSR count). The van der Waals surface area contributed by atoms with Crippen LogP contribution in [0.25, 0.3) is 0 Å². The van der Waals surface area contributed by atoms with Crippen LogP contribution < -0.4 is 4.74 Å². The van der Waals surface area contributed by atoms with E-state index in [4.69, 9.17) is 4.74 Å². The fourth-order valence-electron chi connectivity index (χ4n) is 2.68. The Balaban J connectivity index is 1.82. The molecule has 2 aromatic rings. The van der Waals surface area contributed by atoms with Gasteiger partial charge in [0.15, 0.2) is 5.17 Å². The third kappa shape index (κ3) is 4.54. The van der Waals surface area contributed by atoms with E-state index in [-0.39, 0.29) is 17.0 Å². The van der Waals surface area contributed by atoms with Crippen molar-refractivity contribution in [3.63, 3.8) is 0 Å². The second kappa shape index (κ2) is 8.81. The molecule has 1 atom stereocenters. The number of thioether (sulfide) groups is 1. The second-order valence-corrected chi connectivity index (χ2v) is 7.10. The molecule has 1 fully saturated rings. The van der Waals surface area contributed by atoms with Crippen molar-refractivity contribution in [2.75, 3.05) is 7.11 Å². The van der Waals surface area contributed by atoms with Crippen LogP contribution >= 0.6 is 11.8 Å². The summed E-state index contributed by atoms with van der Waals surface area (Å²) in [6, 6.07) is 13.6. The third-order valence-electron chi connectivity index (χ3n) is 4.12. The van der Waals surface area contributed by atoms with E-state index in [1.807, 2.05) is 31.2 Å². The van der Waals surface area contributed by atoms with E-state index >= 15 is 0 Å². The van der Waals surface area contributed by atoms with Gasteiger partial charge in [-0.15, -0.1) is 5.10 Å². The topological polar surface area (TPSA) is 54.3 Å². The van der Waals surface area contributed by atoms with E-state index < -0.39 is 0 Å². The van der Waals surface area contributed by atoms with Gasteiger partial charge in [-0.3, -0.25) is 9.69 Å². The maximum Gasteiger partial charge on any atom is 0.242 e. The minimum atomic E-state index is -0.303. The molecule has 1 saturated heterocycles. The molecular formula is C20H20FN3O2S. The molecule has 0 radical (unpaired) electrons. The average molecular weight is 385 g/mol. The van der Waals surface area contributed by atoms with Crippen LogP contribution in [0.4, 0.5) is 4.39 Å². The molecule has 0 saturated carbocycles. The van der Waals surface area contributed by atoms with E-state index in [9.17, 15) is 9.18 Å². The van der Waals surface area contributed by atoms with Crippen LogP contribution in [0.15, 0.2) is 58.7 Å². The van der Waals surface area contributed by atoms with E-state index in [1.54, 1.807) is 30.4 Å². The van der Waals surface area contributed by atoms with E-state index in [2.05, 4.69) is 10.2 Å². The number of carbonyl (C=O) groups excluding carboxylic acids is 1. The number of hydrogen-bond acceptors (Lipinski definition) is 5. The minimum Gasteiger partial charge on any atom is -0.496 e. The Hall–Kier alpha value is -2.67. The van der Waals surface area contributed by atoms with Gasteiger partial charge in [-0.2, -0.15) is 5.10 Å². The number of amidine groups is 1. The average Bonchev–Trinajstić information content (AvgIpc) is 2.99. The van der Waals surface area contributed by atoms with Crippen LogP contribution in [0, 0.1) is 5.82 Å². The maximum absolute atomic E-state index is 13.1. The molecule has 1 aliphatic heterocycles. The van der Waals surface area contributed by atoms with Gasteiger partial charge in [-0.05, 0) is 36.2 Å². The Labute approximate surface area is 161 Å². The molecule has 5 nitrogen and oxygen atoms in total. The number of ether oxygens (including phenoxy) is 1. The lowest BCUT2D eigenvalue weighted by Crippen LogP contribution is -2.31. The number of hydrogen-bond donors (Lipinski definition) is 0. The summed E-state index contributed by atoms with van der Waals surface area (Å²) in [5.74, 6) is 0.395. The van der Waals surface area contributed by atoms with Crippen LogP contribution in [0.1, 0.15) is 24.5 Å². The zero-order chi connectivity index (χ0) is 19.2. The number of halogens is 1. The minimum absolute atomic E-state index is 0.00179. The van der Waals surface area contributed by atoms with Gasteiger partial charge in [0.2, 0.25) is 5.91 Å². The maximum atomic E-state index is 13.1. The van der Waals surface area contributed by atoms with Crippen molar-refractivity contribution in [3.05, 3.63) is 65.5 Å². The molecule has 7 heteroatoms. The van der Waals surface area contributed by atoms with Crippen LogP contribution in [0.3, 0.4) is 0 Å². The van der Waals surface area contributed by atoms with Gasteiger partial charge < -0.3 is 4.74 Å². The second-order valence-electron chi connectivity index (χ2n) is 5.93. The van der Waals surface area contributed by atoms with Gasteiger partial charge >= 0.3 is 0 Å². The number of para-hydroxylation sites is 1. The summed E-state index contributed by atoms with van der Waals surface area (Å²) < 4.78 is 18.4. The number of amides is 1. The molecule has 1 unspecified atom stereocenters. The smallest absolute Gasteiger partial charge is 0.242 e. The van der Waals surface area contributed by atoms with Crippen LogP contribution in [0.5, 0.6) is 5.75 Å². The summed E-state index contributed by atoms with van der Waals surface area (Å²) >= 11 is 1.40. The molecule has 27 heavy (non-hydrogen) atoms. The molecular weight excluding hydrogens is 365 g/mol. The fraction of sp³-hybridized carbons (Fsp3) is 0.250. The Bertz CT molecular complexity index is 868. The zero-order valence-corrected chi connectivity index (χ0v) is 15.9. The monoisotopic (exact) mass is 385 g/mol. The van der Waals surface area contributed by atoms with Crippen molar-refractivity contribution in [3.8, 4) is 5.75 Å². The number of nitrogens with zero attached hydrogens (tertiary/aromatic N) is 3. The van der Waals surface area contributed by atoms with Crippen molar-refractivity contribution >= 4 is 29.1 Å². The molecule has 0 spiro atoms. The zero-order valence-electron chi connectivity index (χ0n) is 15.1. The van der Waals surface area contributed by atoms with Gasteiger partial charge in [0.1, 0.15) is 11.6 Å². The Morgan fingerprint density at radius 1 is 1.22 bits per heavy atom.